The molecule has 0 bridgehead atoms. The second-order valence-corrected chi connectivity index (χ2v) is 6.87. The molecule has 1 aromatic rings. The van der Waals surface area contributed by atoms with Crippen LogP contribution >= 0.6 is 0 Å². The van der Waals surface area contributed by atoms with Crippen LogP contribution in [0.3, 0.4) is 0 Å². The van der Waals surface area contributed by atoms with Crippen molar-refractivity contribution in [2.24, 2.45) is 11.8 Å². The predicted molar refractivity (Wildman–Crippen MR) is 91.4 cm³/mol. The summed E-state index contributed by atoms with van der Waals surface area (Å²) in [6, 6.07) is 0. The number of aromatic carboxylic acids is 4. The van der Waals surface area contributed by atoms with E-state index in [4.69, 9.17) is 0 Å². The topological polar surface area (TPSA) is 149 Å². The van der Waals surface area contributed by atoms with E-state index in [-0.39, 0.29) is 35.8 Å². The number of hydrogen-bond donors (Lipinski definition) is 4. The maximum Gasteiger partial charge on any atom is 0.336 e. The van der Waals surface area contributed by atoms with Gasteiger partial charge >= 0.3 is 23.9 Å². The molecule has 4 N–H and O–H groups in total. The molecule has 0 heterocycles. The average molecular weight is 366 g/mol. The van der Waals surface area contributed by atoms with Gasteiger partial charge in [-0.05, 0) is 35.8 Å². The molecule has 1 aromatic carbocycles. The molecular weight excluding hydrogens is 344 g/mol. The van der Waals surface area contributed by atoms with Crippen LogP contribution in [0.1, 0.15) is 80.3 Å². The van der Waals surface area contributed by atoms with Gasteiger partial charge in [-0.1, -0.05) is 27.7 Å². The van der Waals surface area contributed by atoms with E-state index in [2.05, 4.69) is 0 Å². The summed E-state index contributed by atoms with van der Waals surface area (Å²) in [6.07, 6.45) is -0.155. The van der Waals surface area contributed by atoms with Crippen molar-refractivity contribution in [1.29, 1.82) is 0 Å². The standard InChI is InChI=1S/C18H22O8/c1-7(2)5-9-11(15(19)20)13(17(23)24)10(6-8(3)4)14(18(25)26)12(9)16(21)22/h7-8H,5-6H2,1-4H3,(H,19,20)(H,21,22)(H,23,24)(H,25,26). The van der Waals surface area contributed by atoms with E-state index < -0.39 is 46.1 Å². The van der Waals surface area contributed by atoms with Crippen molar-refractivity contribution in [3.8, 4) is 0 Å². The minimum atomic E-state index is -1.59. The molecule has 0 saturated carbocycles. The smallest absolute Gasteiger partial charge is 0.336 e. The second kappa shape index (κ2) is 7.99. The zero-order valence-corrected chi connectivity index (χ0v) is 15.0. The Bertz CT molecular complexity index is 656. The van der Waals surface area contributed by atoms with Crippen LogP contribution in [-0.4, -0.2) is 44.3 Å². The van der Waals surface area contributed by atoms with E-state index in [0.29, 0.717) is 0 Å². The highest BCUT2D eigenvalue weighted by Gasteiger charge is 2.35. The average Bonchev–Trinajstić information content (AvgIpc) is 2.44. The summed E-state index contributed by atoms with van der Waals surface area (Å²) in [5, 5.41) is 38.4. The highest BCUT2D eigenvalue weighted by molar-refractivity contribution is 6.12. The molecule has 0 aromatic heterocycles. The lowest BCUT2D eigenvalue weighted by Crippen LogP contribution is -2.25. The van der Waals surface area contributed by atoms with Crippen LogP contribution in [0.15, 0.2) is 0 Å². The minimum absolute atomic E-state index is 0.0776. The van der Waals surface area contributed by atoms with E-state index in [1.54, 1.807) is 27.7 Å². The third-order valence-corrected chi connectivity index (χ3v) is 3.79. The lowest BCUT2D eigenvalue weighted by molar-refractivity contribution is 0.0632. The minimum Gasteiger partial charge on any atom is -0.478 e. The molecule has 0 atom stereocenters. The third kappa shape index (κ3) is 4.19. The summed E-state index contributed by atoms with van der Waals surface area (Å²) in [5.41, 5.74) is -3.15. The van der Waals surface area contributed by atoms with Gasteiger partial charge in [-0.15, -0.1) is 0 Å². The molecular formula is C18H22O8. The predicted octanol–water partition coefficient (Wildman–Crippen LogP) is 2.88. The molecule has 0 aliphatic carbocycles. The van der Waals surface area contributed by atoms with E-state index in [0.717, 1.165) is 0 Å². The van der Waals surface area contributed by atoms with Gasteiger partial charge in [0.1, 0.15) is 0 Å². The second-order valence-electron chi connectivity index (χ2n) is 6.87. The first-order chi connectivity index (χ1) is 11.9. The molecule has 0 spiro atoms. The molecule has 8 heteroatoms. The number of carboxylic acid groups (broad SMARTS) is 4. The van der Waals surface area contributed by atoms with Crippen molar-refractivity contribution in [3.63, 3.8) is 0 Å². The third-order valence-electron chi connectivity index (χ3n) is 3.79. The summed E-state index contributed by atoms with van der Waals surface area (Å²) in [5.74, 6) is -6.81. The fraction of sp³-hybridized carbons (Fsp3) is 0.444. The van der Waals surface area contributed by atoms with Gasteiger partial charge in [-0.3, -0.25) is 0 Å². The first-order valence-electron chi connectivity index (χ1n) is 8.04. The highest BCUT2D eigenvalue weighted by Crippen LogP contribution is 2.32. The van der Waals surface area contributed by atoms with E-state index in [9.17, 15) is 39.6 Å². The number of rotatable bonds is 8. The zero-order valence-electron chi connectivity index (χ0n) is 15.0. The number of carboxylic acids is 4. The maximum atomic E-state index is 11.8. The Morgan fingerprint density at radius 3 is 0.885 bits per heavy atom. The van der Waals surface area contributed by atoms with Crippen molar-refractivity contribution < 1.29 is 39.6 Å². The Balaban J connectivity index is 4.26. The van der Waals surface area contributed by atoms with Crippen LogP contribution in [0, 0.1) is 11.8 Å². The van der Waals surface area contributed by atoms with Gasteiger partial charge in [0.2, 0.25) is 0 Å². The van der Waals surface area contributed by atoms with Crippen molar-refractivity contribution in [2.45, 2.75) is 40.5 Å². The Morgan fingerprint density at radius 2 is 0.769 bits per heavy atom. The molecule has 26 heavy (non-hydrogen) atoms. The van der Waals surface area contributed by atoms with Crippen LogP contribution in [0.5, 0.6) is 0 Å². The van der Waals surface area contributed by atoms with E-state index >= 15 is 0 Å². The summed E-state index contributed by atoms with van der Waals surface area (Å²) < 4.78 is 0. The van der Waals surface area contributed by atoms with Crippen molar-refractivity contribution in [1.82, 2.24) is 0 Å². The fourth-order valence-corrected chi connectivity index (χ4v) is 3.02. The van der Waals surface area contributed by atoms with Crippen molar-refractivity contribution in [3.05, 3.63) is 33.4 Å². The van der Waals surface area contributed by atoms with Gasteiger partial charge in [0.05, 0.1) is 22.3 Å². The Hall–Kier alpha value is -2.90. The first kappa shape index (κ1) is 21.1. The van der Waals surface area contributed by atoms with Gasteiger partial charge in [0.15, 0.2) is 0 Å². The van der Waals surface area contributed by atoms with Crippen molar-refractivity contribution >= 4 is 23.9 Å². The highest BCUT2D eigenvalue weighted by atomic mass is 16.4. The Labute approximate surface area is 150 Å². The fourth-order valence-electron chi connectivity index (χ4n) is 3.02. The molecule has 0 saturated heterocycles. The van der Waals surface area contributed by atoms with Crippen LogP contribution in [-0.2, 0) is 12.8 Å². The monoisotopic (exact) mass is 366 g/mol. The largest absolute Gasteiger partial charge is 0.478 e. The van der Waals surface area contributed by atoms with E-state index in [1.165, 1.54) is 0 Å². The maximum absolute atomic E-state index is 11.8. The molecule has 142 valence electrons. The van der Waals surface area contributed by atoms with Gasteiger partial charge in [-0.2, -0.15) is 0 Å². The zero-order chi connectivity index (χ0) is 20.3. The molecule has 0 aliphatic rings. The lowest BCUT2D eigenvalue weighted by atomic mass is 9.81. The van der Waals surface area contributed by atoms with Gasteiger partial charge in [0, 0.05) is 0 Å². The molecule has 0 fully saturated rings. The normalized spacial score (nSPS) is 11.0. The molecule has 1 rings (SSSR count). The molecule has 0 aliphatic heterocycles. The van der Waals surface area contributed by atoms with Gasteiger partial charge in [0.25, 0.3) is 0 Å². The first-order valence-corrected chi connectivity index (χ1v) is 8.04. The summed E-state index contributed by atoms with van der Waals surface area (Å²) >= 11 is 0. The van der Waals surface area contributed by atoms with Crippen LogP contribution in [0.4, 0.5) is 0 Å². The van der Waals surface area contributed by atoms with Crippen LogP contribution < -0.4 is 0 Å². The number of carbonyl (C=O) groups is 4. The van der Waals surface area contributed by atoms with Crippen LogP contribution in [0.2, 0.25) is 0 Å². The summed E-state index contributed by atoms with van der Waals surface area (Å²) in [4.78, 5) is 47.3. The van der Waals surface area contributed by atoms with Gasteiger partial charge < -0.3 is 20.4 Å². The van der Waals surface area contributed by atoms with Crippen LogP contribution in [0.25, 0.3) is 0 Å². The number of hydrogen-bond acceptors (Lipinski definition) is 4. The number of benzene rings is 1. The Kier molecular flexibility index (Phi) is 6.49. The SMILES string of the molecule is CC(C)Cc1c(C(=O)O)c(C(=O)O)c(CC(C)C)c(C(=O)O)c1C(=O)O. The van der Waals surface area contributed by atoms with Gasteiger partial charge in [-0.25, -0.2) is 19.2 Å². The molecule has 8 nitrogen and oxygen atoms in total. The molecule has 0 unspecified atom stereocenters. The van der Waals surface area contributed by atoms with E-state index in [1.807, 2.05) is 0 Å². The lowest BCUT2D eigenvalue weighted by Gasteiger charge is -2.22. The summed E-state index contributed by atoms with van der Waals surface area (Å²) in [6.45, 7) is 6.78. The summed E-state index contributed by atoms with van der Waals surface area (Å²) in [7, 11) is 0. The quantitative estimate of drug-likeness (QED) is 0.548. The Morgan fingerprint density at radius 1 is 0.577 bits per heavy atom. The molecule has 0 amide bonds. The molecule has 0 radical (unpaired) electrons. The van der Waals surface area contributed by atoms with Crippen molar-refractivity contribution in [2.75, 3.05) is 0 Å².